The van der Waals surface area contributed by atoms with Gasteiger partial charge in [0, 0.05) is 0 Å². The van der Waals surface area contributed by atoms with Gasteiger partial charge in [0.1, 0.15) is 0 Å². The second-order valence-corrected chi connectivity index (χ2v) is 8.56. The van der Waals surface area contributed by atoms with E-state index in [9.17, 15) is 0 Å². The maximum Gasteiger partial charge on any atom is -0.172 e. The van der Waals surface area contributed by atoms with Crippen LogP contribution in [-0.4, -0.2) is 3.21 Å². The molecule has 2 aliphatic rings. The molecule has 1 saturated carbocycles. The number of fused-ring (bicyclic) bond motifs is 3. The van der Waals surface area contributed by atoms with Crippen molar-refractivity contribution in [1.82, 2.24) is 0 Å². The molecule has 0 unspecified atom stereocenters. The molecule has 0 atom stereocenters. The molecule has 0 aliphatic heterocycles. The van der Waals surface area contributed by atoms with Crippen LogP contribution in [0.2, 0.25) is 0 Å². The third kappa shape index (κ3) is 6.90. The summed E-state index contributed by atoms with van der Waals surface area (Å²) in [6.07, 6.45) is 5.41. The molecule has 0 amide bonds. The van der Waals surface area contributed by atoms with Gasteiger partial charge in [-0.25, -0.2) is 12.1 Å². The Kier molecular flexibility index (Phi) is 10.6. The summed E-state index contributed by atoms with van der Waals surface area (Å²) in [5.41, 5.74) is 8.21. The monoisotopic (exact) mass is 472 g/mol. The van der Waals surface area contributed by atoms with Gasteiger partial charge in [-0.1, -0.05) is 41.8 Å². The average Bonchev–Trinajstić information content (AvgIpc) is 3.25. The van der Waals surface area contributed by atoms with Crippen LogP contribution in [0.1, 0.15) is 41.5 Å². The van der Waals surface area contributed by atoms with Crippen molar-refractivity contribution in [2.24, 2.45) is 0 Å². The third-order valence-electron chi connectivity index (χ3n) is 4.61. The van der Waals surface area contributed by atoms with E-state index in [1.165, 1.54) is 52.6 Å². The Bertz CT molecular complexity index is 778. The fraction of sp³-hybridized carbons (Fsp3) is 0.250. The van der Waals surface area contributed by atoms with Crippen LogP contribution in [0.5, 0.6) is 0 Å². The van der Waals surface area contributed by atoms with Gasteiger partial charge in [0.05, 0.1) is 0 Å². The molecule has 0 radical (unpaired) electrons. The number of hydrogen-bond donors (Lipinski definition) is 0. The molecular formula is C24H24Cl2Zr-2. The molecule has 3 aromatic carbocycles. The van der Waals surface area contributed by atoms with Crippen molar-refractivity contribution in [2.75, 3.05) is 0 Å². The molecule has 1 fully saturated rings. The molecule has 0 aromatic heterocycles. The Labute approximate surface area is 190 Å². The molecule has 2 aliphatic carbocycles. The predicted molar refractivity (Wildman–Crippen MR) is 104 cm³/mol. The van der Waals surface area contributed by atoms with Crippen molar-refractivity contribution in [1.29, 1.82) is 0 Å². The first-order valence-corrected chi connectivity index (χ1v) is 10.2. The van der Waals surface area contributed by atoms with Crippen LogP contribution in [0.15, 0.2) is 60.7 Å². The Morgan fingerprint density at radius 1 is 0.926 bits per heavy atom. The molecule has 0 N–H and O–H groups in total. The van der Waals surface area contributed by atoms with Gasteiger partial charge in [0.25, 0.3) is 0 Å². The first-order chi connectivity index (χ1) is 12.1. The van der Waals surface area contributed by atoms with Crippen molar-refractivity contribution >= 4 is 3.21 Å². The molecule has 27 heavy (non-hydrogen) atoms. The molecule has 0 nitrogen and oxygen atoms in total. The molecule has 0 saturated heterocycles. The minimum atomic E-state index is 0. The number of aryl methyl sites for hydroxylation is 2. The Balaban J connectivity index is 0.000000253. The second kappa shape index (κ2) is 11.9. The number of rotatable bonds is 0. The first kappa shape index (κ1) is 24.2. The summed E-state index contributed by atoms with van der Waals surface area (Å²) in [4.78, 5) is 0. The summed E-state index contributed by atoms with van der Waals surface area (Å²) in [5, 5.41) is 0. The molecule has 140 valence electrons. The average molecular weight is 475 g/mol. The van der Waals surface area contributed by atoms with Gasteiger partial charge in [0.15, 0.2) is 0 Å². The van der Waals surface area contributed by atoms with Crippen molar-refractivity contribution in [3.05, 3.63) is 89.0 Å². The summed E-state index contributed by atoms with van der Waals surface area (Å²) >= 11 is 1.67. The van der Waals surface area contributed by atoms with E-state index in [1.54, 1.807) is 27.4 Å². The molecule has 5 rings (SSSR count). The van der Waals surface area contributed by atoms with E-state index < -0.39 is 0 Å². The Morgan fingerprint density at radius 3 is 2.07 bits per heavy atom. The molecule has 0 spiro atoms. The number of hydrogen-bond acceptors (Lipinski definition) is 0. The zero-order valence-corrected chi connectivity index (χ0v) is 19.8. The van der Waals surface area contributed by atoms with Crippen LogP contribution in [-0.2, 0) is 30.7 Å². The normalized spacial score (nSPS) is 12.5. The third-order valence-corrected chi connectivity index (χ3v) is 5.84. The van der Waals surface area contributed by atoms with E-state index in [4.69, 9.17) is 0 Å². The maximum absolute atomic E-state index is 3.38. The predicted octanol–water partition coefficient (Wildman–Crippen LogP) is -0.0222. The van der Waals surface area contributed by atoms with E-state index in [0.717, 1.165) is 6.42 Å². The minimum absolute atomic E-state index is 0. The fourth-order valence-electron chi connectivity index (χ4n) is 2.98. The van der Waals surface area contributed by atoms with Gasteiger partial charge in [-0.05, 0) is 13.3 Å². The van der Waals surface area contributed by atoms with Crippen LogP contribution >= 0.6 is 0 Å². The van der Waals surface area contributed by atoms with Gasteiger partial charge in [-0.15, -0.1) is 5.56 Å². The van der Waals surface area contributed by atoms with E-state index >= 15 is 0 Å². The zero-order valence-electron chi connectivity index (χ0n) is 15.9. The smallest absolute Gasteiger partial charge is 0.172 e. The van der Waals surface area contributed by atoms with Gasteiger partial charge in [0.2, 0.25) is 0 Å². The van der Waals surface area contributed by atoms with Gasteiger partial charge in [-0.3, -0.25) is 0 Å². The number of halogens is 2. The van der Waals surface area contributed by atoms with Crippen LogP contribution in [0, 0.1) is 19.9 Å². The Morgan fingerprint density at radius 2 is 1.56 bits per heavy atom. The summed E-state index contributed by atoms with van der Waals surface area (Å²) in [7, 11) is 0. The van der Waals surface area contributed by atoms with E-state index in [-0.39, 0.29) is 24.8 Å². The van der Waals surface area contributed by atoms with Gasteiger partial charge in [-0.2, -0.15) is 47.5 Å². The quantitative estimate of drug-likeness (QED) is 0.315. The summed E-state index contributed by atoms with van der Waals surface area (Å²) < 4.78 is 1.78. The summed E-state index contributed by atoms with van der Waals surface area (Å²) in [6, 6.07) is 24.5. The maximum atomic E-state index is 3.38. The summed E-state index contributed by atoms with van der Waals surface area (Å²) in [5.74, 6) is 0. The van der Waals surface area contributed by atoms with Crippen LogP contribution < -0.4 is 24.8 Å². The van der Waals surface area contributed by atoms with Crippen LogP contribution in [0.3, 0.4) is 0 Å². The van der Waals surface area contributed by atoms with Crippen molar-refractivity contribution in [3.63, 3.8) is 0 Å². The van der Waals surface area contributed by atoms with E-state index in [2.05, 4.69) is 50.2 Å². The van der Waals surface area contributed by atoms with Crippen molar-refractivity contribution < 1.29 is 49.0 Å². The molecule has 0 heterocycles. The van der Waals surface area contributed by atoms with E-state index in [0.29, 0.717) is 0 Å². The molecular weight excluding hydrogens is 450 g/mol. The summed E-state index contributed by atoms with van der Waals surface area (Å²) in [6.45, 7) is 4.28. The van der Waals surface area contributed by atoms with Crippen LogP contribution in [0.25, 0.3) is 11.1 Å². The first-order valence-electron chi connectivity index (χ1n) is 8.97. The van der Waals surface area contributed by atoms with Gasteiger partial charge < -0.3 is 24.8 Å². The zero-order chi connectivity index (χ0) is 17.6. The SMILES string of the molecule is Cc1c[c-]c2c(c1)-c1cc(C)ccc1C2.[Cl-].[Cl-].[Zr+2]=[C]1CCC1.c1cc[cH-]c1. The molecule has 0 bridgehead atoms. The topological polar surface area (TPSA) is 0 Å². The Hall–Kier alpha value is -0.877. The van der Waals surface area contributed by atoms with Crippen LogP contribution in [0.4, 0.5) is 0 Å². The second-order valence-electron chi connectivity index (χ2n) is 6.83. The minimum Gasteiger partial charge on any atom is -0.214 e. The number of benzene rings is 2. The molecule has 3 heteroatoms. The van der Waals surface area contributed by atoms with Gasteiger partial charge >= 0.3 is 46.7 Å². The van der Waals surface area contributed by atoms with E-state index in [1.807, 2.05) is 30.3 Å². The van der Waals surface area contributed by atoms with Crippen molar-refractivity contribution in [3.8, 4) is 11.1 Å². The fourth-order valence-corrected chi connectivity index (χ4v) is 3.85. The largest absolute Gasteiger partial charge is 0.214 e. The molecule has 3 aromatic rings. The van der Waals surface area contributed by atoms with Crippen molar-refractivity contribution in [2.45, 2.75) is 39.5 Å². The standard InChI is InChI=1S/C15H13.C5H5.C4H6.2ClH.Zr/c1-10-3-5-12-9-13-6-4-11(2)8-15(13)14(12)7-10;1-2-4-5-3-1;1-2-4-3-1;;;/h3-5,7-8H,9H2,1-2H3;1-5H;1-3H2;2*1H;/q2*-1;;;;+2/p-2.